The molecular weight excluding hydrogens is 378 g/mol. The molecule has 0 aliphatic heterocycles. The van der Waals surface area contributed by atoms with Gasteiger partial charge in [0.1, 0.15) is 0 Å². The van der Waals surface area contributed by atoms with Gasteiger partial charge in [-0.25, -0.2) is 0 Å². The van der Waals surface area contributed by atoms with Crippen LogP contribution in [0.5, 0.6) is 0 Å². The van der Waals surface area contributed by atoms with Crippen LogP contribution in [0.4, 0.5) is 0 Å². The van der Waals surface area contributed by atoms with Gasteiger partial charge >= 0.3 is 5.97 Å². The Hall–Kier alpha value is -3.00. The van der Waals surface area contributed by atoms with Crippen molar-refractivity contribution in [2.75, 3.05) is 6.54 Å². The number of nitrogens with zero attached hydrogens (tertiary/aromatic N) is 3. The summed E-state index contributed by atoms with van der Waals surface area (Å²) in [6.07, 6.45) is 1.02. The fourth-order valence-electron chi connectivity index (χ4n) is 2.75. The van der Waals surface area contributed by atoms with Crippen molar-refractivity contribution in [2.24, 2.45) is 0 Å². The molecule has 1 aromatic carbocycles. The van der Waals surface area contributed by atoms with Gasteiger partial charge in [-0.3, -0.25) is 9.59 Å². The topological polar surface area (TPSA) is 96.5 Å². The van der Waals surface area contributed by atoms with Crippen molar-refractivity contribution in [2.45, 2.75) is 32.2 Å². The quantitative estimate of drug-likeness (QED) is 0.559. The Kier molecular flexibility index (Phi) is 6.91. The van der Waals surface area contributed by atoms with Crippen LogP contribution in [0.2, 0.25) is 0 Å². The highest BCUT2D eigenvalue weighted by Gasteiger charge is 2.17. The molecule has 8 heteroatoms. The van der Waals surface area contributed by atoms with Crippen LogP contribution in [0.25, 0.3) is 11.5 Å². The lowest BCUT2D eigenvalue weighted by molar-refractivity contribution is -0.138. The maximum absolute atomic E-state index is 12.7. The van der Waals surface area contributed by atoms with E-state index in [-0.39, 0.29) is 18.7 Å². The summed E-state index contributed by atoms with van der Waals surface area (Å²) in [6, 6.07) is 11.5. The van der Waals surface area contributed by atoms with E-state index in [1.807, 2.05) is 47.2 Å². The molecule has 28 heavy (non-hydrogen) atoms. The van der Waals surface area contributed by atoms with Gasteiger partial charge in [0, 0.05) is 43.3 Å². The summed E-state index contributed by atoms with van der Waals surface area (Å²) in [7, 11) is 0. The summed E-state index contributed by atoms with van der Waals surface area (Å²) in [5, 5.41) is 20.7. The van der Waals surface area contributed by atoms with Gasteiger partial charge in [0.25, 0.3) is 0 Å². The van der Waals surface area contributed by atoms with Gasteiger partial charge < -0.3 is 14.4 Å². The summed E-state index contributed by atoms with van der Waals surface area (Å²) in [6.45, 7) is 0.841. The van der Waals surface area contributed by atoms with Gasteiger partial charge in [-0.1, -0.05) is 30.3 Å². The molecule has 1 amide bonds. The number of carbonyl (C=O) groups excluding carboxylic acids is 1. The Balaban J connectivity index is 1.59. The summed E-state index contributed by atoms with van der Waals surface area (Å²) < 4.78 is 5.63. The summed E-state index contributed by atoms with van der Waals surface area (Å²) in [4.78, 5) is 25.2. The number of carbonyl (C=O) groups is 2. The van der Waals surface area contributed by atoms with Crippen LogP contribution in [0.1, 0.15) is 30.7 Å². The third-order valence-corrected chi connectivity index (χ3v) is 4.86. The average Bonchev–Trinajstić information content (AvgIpc) is 3.37. The SMILES string of the molecule is O=C(O)CCCN(Cc1ccccc1)C(=O)CCc1nnc(-c2ccsc2)o1. The molecule has 0 bridgehead atoms. The lowest BCUT2D eigenvalue weighted by Crippen LogP contribution is -2.32. The molecule has 2 heterocycles. The van der Waals surface area contributed by atoms with Crippen LogP contribution in [-0.4, -0.2) is 38.6 Å². The van der Waals surface area contributed by atoms with Gasteiger partial charge in [-0.15, -0.1) is 10.2 Å². The van der Waals surface area contributed by atoms with Crippen LogP contribution in [-0.2, 0) is 22.6 Å². The van der Waals surface area contributed by atoms with E-state index in [2.05, 4.69) is 10.2 Å². The predicted octanol–water partition coefficient (Wildman–Crippen LogP) is 3.62. The first-order chi connectivity index (χ1) is 13.6. The minimum absolute atomic E-state index is 0.0340. The number of amides is 1. The van der Waals surface area contributed by atoms with Crippen molar-refractivity contribution < 1.29 is 19.1 Å². The number of carboxylic acid groups (broad SMARTS) is 1. The number of carboxylic acids is 1. The van der Waals surface area contributed by atoms with Gasteiger partial charge in [-0.05, 0) is 23.4 Å². The van der Waals surface area contributed by atoms with E-state index in [1.54, 1.807) is 16.2 Å². The minimum atomic E-state index is -0.862. The fourth-order valence-corrected chi connectivity index (χ4v) is 3.38. The molecule has 0 saturated carbocycles. The molecule has 1 N–H and O–H groups in total. The summed E-state index contributed by atoms with van der Waals surface area (Å²) >= 11 is 1.55. The molecule has 7 nitrogen and oxygen atoms in total. The number of aliphatic carboxylic acids is 1. The number of aryl methyl sites for hydroxylation is 1. The Morgan fingerprint density at radius 2 is 1.93 bits per heavy atom. The molecule has 0 aliphatic carbocycles. The van der Waals surface area contributed by atoms with Crippen molar-refractivity contribution >= 4 is 23.2 Å². The summed E-state index contributed by atoms with van der Waals surface area (Å²) in [5.74, 6) is -0.0606. The fraction of sp³-hybridized carbons (Fsp3) is 0.300. The van der Waals surface area contributed by atoms with Crippen LogP contribution >= 0.6 is 11.3 Å². The maximum atomic E-state index is 12.7. The molecule has 3 rings (SSSR count). The molecule has 0 saturated heterocycles. The Morgan fingerprint density at radius 1 is 1.11 bits per heavy atom. The first kappa shape index (κ1) is 19.8. The van der Waals surface area contributed by atoms with E-state index >= 15 is 0 Å². The summed E-state index contributed by atoms with van der Waals surface area (Å²) in [5.41, 5.74) is 1.87. The number of aromatic nitrogens is 2. The molecule has 2 aromatic heterocycles. The molecule has 0 spiro atoms. The lowest BCUT2D eigenvalue weighted by atomic mass is 10.1. The third-order valence-electron chi connectivity index (χ3n) is 4.18. The molecule has 0 atom stereocenters. The molecule has 0 fully saturated rings. The highest BCUT2D eigenvalue weighted by molar-refractivity contribution is 7.08. The van der Waals surface area contributed by atoms with Crippen LogP contribution in [0.15, 0.2) is 51.6 Å². The Bertz CT molecular complexity index is 893. The van der Waals surface area contributed by atoms with Crippen molar-refractivity contribution in [1.82, 2.24) is 15.1 Å². The lowest BCUT2D eigenvalue weighted by Gasteiger charge is -2.22. The molecule has 3 aromatic rings. The number of hydrogen-bond donors (Lipinski definition) is 1. The van der Waals surface area contributed by atoms with Crippen LogP contribution < -0.4 is 0 Å². The van der Waals surface area contributed by atoms with Crippen LogP contribution in [0.3, 0.4) is 0 Å². The van der Waals surface area contributed by atoms with E-state index in [1.165, 1.54) is 0 Å². The first-order valence-electron chi connectivity index (χ1n) is 9.00. The first-order valence-corrected chi connectivity index (χ1v) is 9.94. The number of rotatable bonds is 10. The highest BCUT2D eigenvalue weighted by atomic mass is 32.1. The standard InChI is InChI=1S/C20H21N3O4S/c24-18(9-8-17-21-22-20(27-17)16-10-12-28-14-16)23(11-4-7-19(25)26)13-15-5-2-1-3-6-15/h1-3,5-6,10,12,14H,4,7-9,11,13H2,(H,25,26). The van der Waals surface area contributed by atoms with Crippen LogP contribution in [0, 0.1) is 0 Å². The van der Waals surface area contributed by atoms with E-state index in [0.717, 1.165) is 11.1 Å². The monoisotopic (exact) mass is 399 g/mol. The molecule has 0 radical (unpaired) electrons. The van der Waals surface area contributed by atoms with E-state index in [9.17, 15) is 9.59 Å². The largest absolute Gasteiger partial charge is 0.481 e. The average molecular weight is 399 g/mol. The maximum Gasteiger partial charge on any atom is 0.303 e. The second-order valence-corrected chi connectivity index (χ2v) is 7.09. The van der Waals surface area contributed by atoms with Gasteiger partial charge in [0.15, 0.2) is 0 Å². The Labute approximate surface area is 166 Å². The van der Waals surface area contributed by atoms with Gasteiger partial charge in [0.2, 0.25) is 17.7 Å². The molecule has 0 aliphatic rings. The molecule has 0 unspecified atom stereocenters. The second kappa shape index (κ2) is 9.80. The second-order valence-electron chi connectivity index (χ2n) is 6.31. The van der Waals surface area contributed by atoms with Gasteiger partial charge in [-0.2, -0.15) is 11.3 Å². The predicted molar refractivity (Wildman–Crippen MR) is 105 cm³/mol. The number of benzene rings is 1. The third kappa shape index (κ3) is 5.75. The smallest absolute Gasteiger partial charge is 0.303 e. The van der Waals surface area contributed by atoms with E-state index in [4.69, 9.17) is 9.52 Å². The Morgan fingerprint density at radius 3 is 2.64 bits per heavy atom. The minimum Gasteiger partial charge on any atom is -0.481 e. The number of thiophene rings is 1. The zero-order valence-corrected chi connectivity index (χ0v) is 16.1. The zero-order valence-electron chi connectivity index (χ0n) is 15.3. The molecule has 146 valence electrons. The number of hydrogen-bond acceptors (Lipinski definition) is 6. The van der Waals surface area contributed by atoms with Crippen molar-refractivity contribution in [3.05, 3.63) is 58.6 Å². The zero-order chi connectivity index (χ0) is 19.8. The normalized spacial score (nSPS) is 10.7. The van der Waals surface area contributed by atoms with Crippen molar-refractivity contribution in [1.29, 1.82) is 0 Å². The van der Waals surface area contributed by atoms with Gasteiger partial charge in [0.05, 0.1) is 0 Å². The van der Waals surface area contributed by atoms with E-state index in [0.29, 0.717) is 37.7 Å². The van der Waals surface area contributed by atoms with Crippen molar-refractivity contribution in [3.8, 4) is 11.5 Å². The van der Waals surface area contributed by atoms with E-state index < -0.39 is 5.97 Å². The molecular formula is C20H21N3O4S. The van der Waals surface area contributed by atoms with Crippen molar-refractivity contribution in [3.63, 3.8) is 0 Å². The highest BCUT2D eigenvalue weighted by Crippen LogP contribution is 2.21.